The van der Waals surface area contributed by atoms with Gasteiger partial charge in [0.2, 0.25) is 0 Å². The SMILES string of the molecule is COc1ccc(-c2nn(-c3ccccc3)cc2C=c2sc(=C(C#N)C(=O)C(C)(C)C)n(-c3ccc(C)cc3)c2=O)cc1. The van der Waals surface area contributed by atoms with Crippen molar-refractivity contribution in [2.45, 2.75) is 27.7 Å². The highest BCUT2D eigenvalue weighted by molar-refractivity contribution is 7.07. The highest BCUT2D eigenvalue weighted by atomic mass is 32.1. The number of hydrogen-bond donors (Lipinski definition) is 0. The molecule has 210 valence electrons. The number of ketones is 1. The molecule has 0 aliphatic rings. The van der Waals surface area contributed by atoms with Crippen LogP contribution in [-0.2, 0) is 4.79 Å². The van der Waals surface area contributed by atoms with E-state index < -0.39 is 5.41 Å². The minimum atomic E-state index is -0.800. The number of methoxy groups -OCH3 is 1. The number of hydrogen-bond acceptors (Lipinski definition) is 6. The maximum atomic E-state index is 14.0. The summed E-state index contributed by atoms with van der Waals surface area (Å²) in [7, 11) is 1.61. The van der Waals surface area contributed by atoms with E-state index in [1.54, 1.807) is 38.6 Å². The minimum absolute atomic E-state index is 0.0415. The molecule has 5 rings (SSSR count). The lowest BCUT2D eigenvalue weighted by molar-refractivity contribution is -0.120. The van der Waals surface area contributed by atoms with Crippen LogP contribution >= 0.6 is 11.3 Å². The normalized spacial score (nSPS) is 12.6. The number of nitriles is 1. The summed E-state index contributed by atoms with van der Waals surface area (Å²) in [5, 5.41) is 15.0. The van der Waals surface area contributed by atoms with Crippen LogP contribution in [0.4, 0.5) is 0 Å². The monoisotopic (exact) mass is 574 g/mol. The van der Waals surface area contributed by atoms with Gasteiger partial charge in [0, 0.05) is 22.7 Å². The van der Waals surface area contributed by atoms with Crippen molar-refractivity contribution in [1.29, 1.82) is 5.26 Å². The topological polar surface area (TPSA) is 89.9 Å². The van der Waals surface area contributed by atoms with E-state index in [0.29, 0.717) is 26.1 Å². The highest BCUT2D eigenvalue weighted by Crippen LogP contribution is 2.26. The number of carbonyl (C=O) groups excluding carboxylic acids is 1. The summed E-state index contributed by atoms with van der Waals surface area (Å²) in [5.41, 5.74) is 3.56. The van der Waals surface area contributed by atoms with E-state index in [0.717, 1.165) is 33.9 Å². The van der Waals surface area contributed by atoms with Crippen LogP contribution < -0.4 is 19.5 Å². The fraction of sp³-hybridized carbons (Fsp3) is 0.176. The van der Waals surface area contributed by atoms with Crippen molar-refractivity contribution in [2.24, 2.45) is 5.41 Å². The Kier molecular flexibility index (Phi) is 7.79. The zero-order chi connectivity index (χ0) is 30.0. The molecular weight excluding hydrogens is 544 g/mol. The molecule has 0 amide bonds. The number of benzene rings is 3. The van der Waals surface area contributed by atoms with Crippen LogP contribution in [0.3, 0.4) is 0 Å². The molecule has 2 aromatic heterocycles. The van der Waals surface area contributed by atoms with Gasteiger partial charge in [0.1, 0.15) is 27.7 Å². The standard InChI is InChI=1S/C34H30N4O3S/c1-22-11-15-26(16-12-22)38-32(40)29(42-33(38)28(20-35)31(39)34(2,3)4)19-24-21-37(25-9-7-6-8-10-25)36-30(24)23-13-17-27(41-5)18-14-23/h6-19,21H,1-5H3. The quantitative estimate of drug-likeness (QED) is 0.279. The lowest BCUT2D eigenvalue weighted by atomic mass is 9.87. The van der Waals surface area contributed by atoms with Gasteiger partial charge in [0.05, 0.1) is 23.0 Å². The van der Waals surface area contributed by atoms with Crippen molar-refractivity contribution in [3.05, 3.63) is 116 Å². The predicted octanol–water partition coefficient (Wildman–Crippen LogP) is 5.19. The number of aromatic nitrogens is 3. The van der Waals surface area contributed by atoms with Crippen molar-refractivity contribution >= 4 is 28.8 Å². The lowest BCUT2D eigenvalue weighted by Crippen LogP contribution is -2.33. The number of para-hydroxylation sites is 1. The number of ether oxygens (including phenoxy) is 1. The van der Waals surface area contributed by atoms with Gasteiger partial charge in [0.15, 0.2) is 5.78 Å². The Bertz CT molecular complexity index is 1990. The van der Waals surface area contributed by atoms with Gasteiger partial charge in [-0.25, -0.2) is 4.68 Å². The number of aryl methyl sites for hydroxylation is 1. The van der Waals surface area contributed by atoms with Crippen molar-refractivity contribution in [2.75, 3.05) is 7.11 Å². The first-order chi connectivity index (χ1) is 20.1. The number of rotatable bonds is 6. The zero-order valence-electron chi connectivity index (χ0n) is 24.1. The van der Waals surface area contributed by atoms with Gasteiger partial charge in [0.25, 0.3) is 5.56 Å². The molecule has 0 unspecified atom stereocenters. The van der Waals surface area contributed by atoms with E-state index in [1.807, 2.05) is 92.0 Å². The van der Waals surface area contributed by atoms with Gasteiger partial charge in [-0.1, -0.05) is 56.7 Å². The van der Waals surface area contributed by atoms with Crippen molar-refractivity contribution < 1.29 is 9.53 Å². The average molecular weight is 575 g/mol. The fourth-order valence-corrected chi connectivity index (χ4v) is 5.56. The van der Waals surface area contributed by atoms with Gasteiger partial charge in [-0.05, 0) is 61.5 Å². The van der Waals surface area contributed by atoms with Crippen molar-refractivity contribution in [1.82, 2.24) is 14.3 Å². The molecule has 0 aliphatic carbocycles. The van der Waals surface area contributed by atoms with Crippen LogP contribution in [0.2, 0.25) is 0 Å². The predicted molar refractivity (Wildman–Crippen MR) is 167 cm³/mol. The molecule has 5 aromatic rings. The molecule has 0 aliphatic heterocycles. The molecule has 0 N–H and O–H groups in total. The number of Topliss-reactive ketones (excluding diaryl/α,β-unsaturated/α-hetero) is 1. The number of thiazole rings is 1. The minimum Gasteiger partial charge on any atom is -0.497 e. The molecule has 0 radical (unpaired) electrons. The first-order valence-corrected chi connectivity index (χ1v) is 14.2. The Hall–Kier alpha value is -5.00. The molecule has 0 bridgehead atoms. The second kappa shape index (κ2) is 11.5. The summed E-state index contributed by atoms with van der Waals surface area (Å²) in [5.74, 6) is 0.397. The van der Waals surface area contributed by atoms with Crippen LogP contribution in [0.5, 0.6) is 5.75 Å². The molecule has 8 heteroatoms. The first-order valence-electron chi connectivity index (χ1n) is 13.4. The molecule has 0 saturated heterocycles. The molecule has 2 heterocycles. The third-order valence-corrected chi connectivity index (χ3v) is 7.86. The summed E-state index contributed by atoms with van der Waals surface area (Å²) in [6.45, 7) is 7.25. The molecular formula is C34H30N4O3S. The molecule has 0 fully saturated rings. The van der Waals surface area contributed by atoms with Gasteiger partial charge >= 0.3 is 0 Å². The maximum absolute atomic E-state index is 14.0. The highest BCUT2D eigenvalue weighted by Gasteiger charge is 2.27. The van der Waals surface area contributed by atoms with Crippen LogP contribution in [0.15, 0.2) is 89.9 Å². The molecule has 7 nitrogen and oxygen atoms in total. The van der Waals surface area contributed by atoms with E-state index in [1.165, 1.54) is 4.57 Å². The van der Waals surface area contributed by atoms with Crippen LogP contribution in [0.25, 0.3) is 34.3 Å². The Balaban J connectivity index is 1.82. The summed E-state index contributed by atoms with van der Waals surface area (Å²) in [6.07, 6.45) is 3.66. The lowest BCUT2D eigenvalue weighted by Gasteiger charge is -2.15. The molecule has 3 aromatic carbocycles. The van der Waals surface area contributed by atoms with Crippen molar-refractivity contribution in [3.63, 3.8) is 0 Å². The first kappa shape index (κ1) is 28.5. The van der Waals surface area contributed by atoms with Crippen LogP contribution in [-0.4, -0.2) is 27.2 Å². The fourth-order valence-electron chi connectivity index (χ4n) is 4.47. The third kappa shape index (κ3) is 5.60. The van der Waals surface area contributed by atoms with Gasteiger partial charge in [-0.3, -0.25) is 14.2 Å². The van der Waals surface area contributed by atoms with E-state index >= 15 is 0 Å². The van der Waals surface area contributed by atoms with Crippen LogP contribution in [0, 0.1) is 23.7 Å². The summed E-state index contributed by atoms with van der Waals surface area (Å²) in [6, 6.07) is 26.8. The molecule has 0 spiro atoms. The van der Waals surface area contributed by atoms with E-state index in [2.05, 4.69) is 6.07 Å². The Morgan fingerprint density at radius 2 is 1.64 bits per heavy atom. The molecule has 0 atom stereocenters. The van der Waals surface area contributed by atoms with Gasteiger partial charge in [-0.15, -0.1) is 11.3 Å². The average Bonchev–Trinajstić information content (AvgIpc) is 3.55. The Morgan fingerprint density at radius 3 is 2.24 bits per heavy atom. The Labute approximate surface area is 247 Å². The molecule has 42 heavy (non-hydrogen) atoms. The zero-order valence-corrected chi connectivity index (χ0v) is 24.9. The second-order valence-electron chi connectivity index (χ2n) is 10.9. The van der Waals surface area contributed by atoms with E-state index in [4.69, 9.17) is 9.84 Å². The van der Waals surface area contributed by atoms with Gasteiger partial charge in [-0.2, -0.15) is 10.4 Å². The largest absolute Gasteiger partial charge is 0.497 e. The summed E-state index contributed by atoms with van der Waals surface area (Å²) < 4.78 is 9.25. The van der Waals surface area contributed by atoms with Gasteiger partial charge < -0.3 is 4.74 Å². The summed E-state index contributed by atoms with van der Waals surface area (Å²) in [4.78, 5) is 27.4. The summed E-state index contributed by atoms with van der Waals surface area (Å²) >= 11 is 1.13. The van der Waals surface area contributed by atoms with Crippen molar-refractivity contribution in [3.8, 4) is 34.5 Å². The second-order valence-corrected chi connectivity index (χ2v) is 11.9. The number of carbonyl (C=O) groups is 1. The third-order valence-electron chi connectivity index (χ3n) is 6.76. The van der Waals surface area contributed by atoms with E-state index in [9.17, 15) is 14.9 Å². The number of nitrogens with zero attached hydrogens (tertiary/aromatic N) is 4. The smallest absolute Gasteiger partial charge is 0.273 e. The Morgan fingerprint density at radius 1 is 0.976 bits per heavy atom. The van der Waals surface area contributed by atoms with Crippen LogP contribution in [0.1, 0.15) is 31.9 Å². The maximum Gasteiger partial charge on any atom is 0.273 e. The molecule has 0 saturated carbocycles. The van der Waals surface area contributed by atoms with E-state index in [-0.39, 0.29) is 16.9 Å².